The molecule has 33 heavy (non-hydrogen) atoms. The molecule has 2 N–H and O–H groups in total. The number of para-hydroxylation sites is 2. The number of benzene rings is 2. The summed E-state index contributed by atoms with van der Waals surface area (Å²) in [5, 5.41) is -0.0273. The maximum absolute atomic E-state index is 13.9. The highest BCUT2D eigenvalue weighted by Crippen LogP contribution is 2.34. The minimum atomic E-state index is -3.92. The number of nitrogens with zero attached hydrogens (tertiary/aromatic N) is 4. The van der Waals surface area contributed by atoms with Crippen LogP contribution < -0.4 is 29.6 Å². The van der Waals surface area contributed by atoms with Crippen LogP contribution in [0.4, 0.5) is 11.8 Å². The van der Waals surface area contributed by atoms with Gasteiger partial charge >= 0.3 is 0 Å². The van der Waals surface area contributed by atoms with Crippen molar-refractivity contribution >= 4 is 28.6 Å². The summed E-state index contributed by atoms with van der Waals surface area (Å²) in [5.74, 6) is -4.12. The van der Waals surface area contributed by atoms with Crippen LogP contribution in [0.2, 0.25) is 2.82 Å². The van der Waals surface area contributed by atoms with Crippen molar-refractivity contribution in [2.24, 2.45) is 0 Å². The number of rotatable bonds is 5. The normalized spacial score (nSPS) is 33.2. The molecule has 1 atom stereocenters. The van der Waals surface area contributed by atoms with Crippen LogP contribution in [0.15, 0.2) is 36.4 Å². The first-order valence-electron chi connectivity index (χ1n) is 15.8. The third-order valence-corrected chi connectivity index (χ3v) is 4.63. The quantitative estimate of drug-likeness (QED) is 0.603. The summed E-state index contributed by atoms with van der Waals surface area (Å²) in [6.07, 6.45) is -3.60. The number of carbonyl (C=O) groups excluding carboxylic acids is 1. The molecule has 172 valence electrons. The second kappa shape index (κ2) is 8.53. The van der Waals surface area contributed by atoms with E-state index < -0.39 is 61.2 Å². The van der Waals surface area contributed by atoms with E-state index in [-0.39, 0.29) is 44.5 Å². The monoisotopic (exact) mass is 464 g/mol. The molecule has 1 amide bonds. The van der Waals surface area contributed by atoms with Gasteiger partial charge in [0, 0.05) is 37.4 Å². The first-order chi connectivity index (χ1) is 21.1. The first kappa shape index (κ1) is 10.8. The average Bonchev–Trinajstić information content (AvgIpc) is 2.95. The molecule has 1 unspecified atom stereocenters. The molecule has 2 aliphatic rings. The highest BCUT2D eigenvalue weighted by atomic mass is 16.6. The van der Waals surface area contributed by atoms with Gasteiger partial charge in [-0.25, -0.2) is 4.98 Å². The summed E-state index contributed by atoms with van der Waals surface area (Å²) in [7, 11) is 2.59. The van der Waals surface area contributed by atoms with E-state index in [9.17, 15) is 4.79 Å². The van der Waals surface area contributed by atoms with Gasteiger partial charge in [0.2, 0.25) is 12.0 Å². The minimum Gasteiger partial charge on any atom is -0.493 e. The lowest BCUT2D eigenvalue weighted by Crippen LogP contribution is -2.54. The molecule has 0 radical (unpaired) electrons. The van der Waals surface area contributed by atoms with Gasteiger partial charge in [0.05, 0.1) is 34.8 Å². The van der Waals surface area contributed by atoms with Crippen molar-refractivity contribution in [3.63, 3.8) is 0 Å². The number of hydrogen-bond donors (Lipinski definition) is 1. The van der Waals surface area contributed by atoms with Gasteiger partial charge in [-0.15, -0.1) is 0 Å². The molecule has 1 fully saturated rings. The number of methoxy groups -OCH3 is 2. The van der Waals surface area contributed by atoms with Gasteiger partial charge in [-0.2, -0.15) is 4.98 Å². The van der Waals surface area contributed by atoms with Crippen LogP contribution in [0.25, 0.3) is 10.9 Å². The summed E-state index contributed by atoms with van der Waals surface area (Å²) in [6.45, 7) is -18.8. The summed E-state index contributed by atoms with van der Waals surface area (Å²) in [6, 6.07) is 7.79. The highest BCUT2D eigenvalue weighted by Gasteiger charge is 2.33. The fraction of sp³-hybridized carbons (Fsp3) is 0.348. The lowest BCUT2D eigenvalue weighted by Gasteiger charge is -2.37. The van der Waals surface area contributed by atoms with Gasteiger partial charge < -0.3 is 34.5 Å². The predicted octanol–water partition coefficient (Wildman–Crippen LogP) is 1.72. The van der Waals surface area contributed by atoms with Crippen molar-refractivity contribution in [1.29, 1.82) is 0 Å². The second-order valence-electron chi connectivity index (χ2n) is 6.58. The Hall–Kier alpha value is -3.95. The number of nitrogen functional groups attached to an aromatic ring is 1. The number of piperazine rings is 1. The predicted molar refractivity (Wildman–Crippen MR) is 122 cm³/mol. The van der Waals surface area contributed by atoms with Crippen LogP contribution in [0.5, 0.6) is 23.0 Å². The maximum atomic E-state index is 13.9. The van der Waals surface area contributed by atoms with E-state index >= 15 is 0 Å². The summed E-state index contributed by atoms with van der Waals surface area (Å²) < 4.78 is 132. The van der Waals surface area contributed by atoms with E-state index in [0.29, 0.717) is 0 Å². The third kappa shape index (κ3) is 3.88. The summed E-state index contributed by atoms with van der Waals surface area (Å²) in [5.41, 5.74) is -0.184. The molecule has 1 aromatic heterocycles. The Morgan fingerprint density at radius 1 is 1.15 bits per heavy atom. The van der Waals surface area contributed by atoms with E-state index in [1.807, 2.05) is 0 Å². The molecule has 2 aliphatic heterocycles. The molecule has 0 saturated carbocycles. The van der Waals surface area contributed by atoms with Crippen LogP contribution in [0.1, 0.15) is 15.1 Å². The van der Waals surface area contributed by atoms with Crippen LogP contribution in [0.3, 0.4) is 0 Å². The van der Waals surface area contributed by atoms with Gasteiger partial charge in [-0.1, -0.05) is 12.1 Å². The molecule has 3 aromatic rings. The van der Waals surface area contributed by atoms with E-state index in [1.165, 1.54) is 50.6 Å². The Morgan fingerprint density at radius 3 is 2.61 bits per heavy atom. The van der Waals surface area contributed by atoms with Crippen LogP contribution >= 0.6 is 0 Å². The topological polar surface area (TPSA) is 112 Å². The summed E-state index contributed by atoms with van der Waals surface area (Å²) in [4.78, 5) is 21.3. The van der Waals surface area contributed by atoms with E-state index in [4.69, 9.17) is 36.8 Å². The molecule has 10 heteroatoms. The van der Waals surface area contributed by atoms with Gasteiger partial charge in [0.15, 0.2) is 25.8 Å². The standard InChI is InChI=1S/C23H25N5O5/c1-30-18-11-14-15(12-19(18)31-2)25-23(26-21(14)24)28-9-7-27(8-10-28)22(29)20-13-32-16-5-3-4-6-17(16)33-20/h3-6,11-12,20H,7-10,13H2,1-2H3,(H2,24,25,26)/i7D2,8D2,9D2,10D2,13D2,20D/hD2. The van der Waals surface area contributed by atoms with Gasteiger partial charge in [0.1, 0.15) is 12.4 Å². The van der Waals surface area contributed by atoms with Crippen molar-refractivity contribution in [3.8, 4) is 23.0 Å². The number of hydrogen-bond acceptors (Lipinski definition) is 9. The largest absolute Gasteiger partial charge is 0.493 e. The lowest BCUT2D eigenvalue weighted by molar-refractivity contribution is -0.141. The number of amides is 1. The first-order valence-corrected chi connectivity index (χ1v) is 9.44. The molecule has 5 rings (SSSR count). The van der Waals surface area contributed by atoms with E-state index in [0.717, 1.165) is 0 Å². The van der Waals surface area contributed by atoms with E-state index in [2.05, 4.69) is 9.97 Å². The Bertz CT molecular complexity index is 1700. The van der Waals surface area contributed by atoms with Crippen molar-refractivity contribution < 1.29 is 41.6 Å². The SMILES string of the molecule is [2H]N([2H])c1nc(N2C([2H])([2H])C([2H])([2H])N(C(=O)C3([2H])Oc4ccccc4OC3([2H])[2H])C([2H])([2H])C2([2H])[2H])nc2cc(OC)c(OC)cc12. The average molecular weight is 465 g/mol. The van der Waals surface area contributed by atoms with E-state index in [1.54, 1.807) is 0 Å². The molecule has 10 nitrogen and oxygen atoms in total. The second-order valence-corrected chi connectivity index (χ2v) is 6.58. The number of nitrogens with two attached hydrogens (primary N) is 1. The smallest absolute Gasteiger partial charge is 0.267 e. The molecule has 3 heterocycles. The van der Waals surface area contributed by atoms with Crippen molar-refractivity contribution in [3.05, 3.63) is 36.4 Å². The Balaban J connectivity index is 1.70. The zero-order valence-corrected chi connectivity index (χ0v) is 17.2. The number of ether oxygens (including phenoxy) is 4. The van der Waals surface area contributed by atoms with Gasteiger partial charge in [0.25, 0.3) is 5.91 Å². The highest BCUT2D eigenvalue weighted by molar-refractivity contribution is 5.91. The lowest BCUT2D eigenvalue weighted by atomic mass is 10.2. The number of aromatic nitrogens is 2. The van der Waals surface area contributed by atoms with Gasteiger partial charge in [-0.3, -0.25) is 4.79 Å². The zero-order valence-electron chi connectivity index (χ0n) is 30.2. The number of fused-ring (bicyclic) bond motifs is 2. The Kier molecular flexibility index (Phi) is 2.79. The van der Waals surface area contributed by atoms with Crippen LogP contribution in [-0.2, 0) is 4.79 Å². The Labute approximate surface area is 209 Å². The fourth-order valence-corrected chi connectivity index (χ4v) is 3.02. The number of anilines is 2. The molecule has 2 aromatic carbocycles. The third-order valence-electron chi connectivity index (χ3n) is 4.63. The molecule has 0 spiro atoms. The van der Waals surface area contributed by atoms with Crippen LogP contribution in [0, 0.1) is 0 Å². The molecule has 0 bridgehead atoms. The van der Waals surface area contributed by atoms with Crippen molar-refractivity contribution in [2.75, 3.05) is 57.4 Å². The fourth-order valence-electron chi connectivity index (χ4n) is 3.02. The molecular formula is C23H25N5O5. The van der Waals surface area contributed by atoms with Crippen LogP contribution in [-0.4, -0.2) is 73.6 Å². The minimum absolute atomic E-state index is 0.0161. The maximum Gasteiger partial charge on any atom is 0.267 e. The van der Waals surface area contributed by atoms with Gasteiger partial charge in [-0.05, 0) is 18.2 Å². The summed E-state index contributed by atoms with van der Waals surface area (Å²) >= 11 is 0. The van der Waals surface area contributed by atoms with Crippen molar-refractivity contribution in [1.82, 2.24) is 14.9 Å². The zero-order chi connectivity index (χ0) is 34.4. The number of carbonyl (C=O) groups is 1. The molecule has 0 aliphatic carbocycles. The molecule has 1 saturated heterocycles. The molecular weight excluding hydrogens is 426 g/mol. The van der Waals surface area contributed by atoms with Crippen molar-refractivity contribution in [2.45, 2.75) is 6.08 Å². The Morgan fingerprint density at radius 2 is 1.88 bits per heavy atom.